The molecule has 1 amide bonds. The first-order valence-electron chi connectivity index (χ1n) is 10.2. The third-order valence-corrected chi connectivity index (χ3v) is 6.35. The third-order valence-electron chi connectivity index (χ3n) is 6.02. The fourth-order valence-corrected chi connectivity index (χ4v) is 4.58. The van der Waals surface area contributed by atoms with E-state index >= 15 is 0 Å². The van der Waals surface area contributed by atoms with Gasteiger partial charge in [0.15, 0.2) is 0 Å². The highest BCUT2D eigenvalue weighted by molar-refractivity contribution is 6.32. The average Bonchev–Trinajstić information content (AvgIpc) is 2.67. The normalized spacial score (nSPS) is 16.5. The van der Waals surface area contributed by atoms with E-state index in [9.17, 15) is 14.3 Å². The zero-order chi connectivity index (χ0) is 22.8. The van der Waals surface area contributed by atoms with E-state index in [1.54, 1.807) is 11.0 Å². The highest BCUT2D eigenvalue weighted by Gasteiger charge is 2.55. The van der Waals surface area contributed by atoms with Gasteiger partial charge < -0.3 is 14.9 Å². The van der Waals surface area contributed by atoms with Gasteiger partial charge in [0.1, 0.15) is 11.6 Å². The highest BCUT2D eigenvalue weighted by Crippen LogP contribution is 2.51. The Morgan fingerprint density at radius 2 is 1.87 bits per heavy atom. The summed E-state index contributed by atoms with van der Waals surface area (Å²) in [6.07, 6.45) is 3.67. The van der Waals surface area contributed by atoms with Gasteiger partial charge in [-0.15, -0.1) is 6.58 Å². The zero-order valence-electron chi connectivity index (χ0n) is 17.9. The van der Waals surface area contributed by atoms with Crippen LogP contribution >= 0.6 is 11.6 Å². The molecule has 31 heavy (non-hydrogen) atoms. The molecule has 4 nitrogen and oxygen atoms in total. The molecule has 1 saturated carbocycles. The molecule has 1 N–H and O–H groups in total. The topological polar surface area (TPSA) is 43.8 Å². The zero-order valence-corrected chi connectivity index (χ0v) is 18.7. The Balaban J connectivity index is 0.000000858. The van der Waals surface area contributed by atoms with E-state index in [1.165, 1.54) is 12.1 Å². The van der Waals surface area contributed by atoms with Crippen LogP contribution in [0.15, 0.2) is 61.7 Å². The first kappa shape index (κ1) is 22.9. The third kappa shape index (κ3) is 4.62. The number of phenolic OH excluding ortho intramolecular Hbond substituents is 1. The molecule has 0 atom stereocenters. The van der Waals surface area contributed by atoms with E-state index in [0.29, 0.717) is 24.2 Å². The van der Waals surface area contributed by atoms with Gasteiger partial charge in [0, 0.05) is 47.9 Å². The summed E-state index contributed by atoms with van der Waals surface area (Å²) >= 11 is 6.28. The summed E-state index contributed by atoms with van der Waals surface area (Å²) in [6.45, 7) is 10.7. The summed E-state index contributed by atoms with van der Waals surface area (Å²) in [7, 11) is 2.02. The molecule has 0 bridgehead atoms. The number of hydrogen-bond acceptors (Lipinski definition) is 3. The first-order chi connectivity index (χ1) is 14.7. The van der Waals surface area contributed by atoms with E-state index in [1.807, 2.05) is 38.2 Å². The Morgan fingerprint density at radius 3 is 2.48 bits per heavy atom. The summed E-state index contributed by atoms with van der Waals surface area (Å²) in [5.74, 6) is -1.08. The van der Waals surface area contributed by atoms with Crippen LogP contribution < -0.4 is 0 Å². The summed E-state index contributed by atoms with van der Waals surface area (Å²) in [5.41, 5.74) is 1.84. The van der Waals surface area contributed by atoms with E-state index in [0.717, 1.165) is 30.2 Å². The number of nitrogens with zero attached hydrogens (tertiary/aromatic N) is 2. The average molecular weight is 443 g/mol. The van der Waals surface area contributed by atoms with Gasteiger partial charge in [-0.05, 0) is 44.0 Å². The number of hydrogen-bond donors (Lipinski definition) is 1. The van der Waals surface area contributed by atoms with Gasteiger partial charge in [-0.1, -0.05) is 42.5 Å². The number of benzene rings is 2. The van der Waals surface area contributed by atoms with Crippen LogP contribution in [0.2, 0.25) is 5.02 Å². The maximum absolute atomic E-state index is 13.9. The number of likely N-dealkylation sites (tertiary alicyclic amines) is 1. The SMILES string of the molecule is C=C(c1ccccc1Cl)N(C)C1CC2(C1)CN(C(=O)c1cc(O)ccc1F)C2.C=CC. The minimum atomic E-state index is -0.606. The van der Waals surface area contributed by atoms with Crippen molar-refractivity contribution in [3.63, 3.8) is 0 Å². The molecule has 2 fully saturated rings. The molecular weight excluding hydrogens is 415 g/mol. The largest absolute Gasteiger partial charge is 0.508 e. The number of carbonyl (C=O) groups excluding carboxylic acids is 1. The Bertz CT molecular complexity index is 993. The number of carbonyl (C=O) groups is 1. The molecule has 2 aromatic carbocycles. The van der Waals surface area contributed by atoms with Gasteiger partial charge in [0.2, 0.25) is 0 Å². The lowest BCUT2D eigenvalue weighted by Crippen LogP contribution is -2.67. The van der Waals surface area contributed by atoms with Crippen molar-refractivity contribution in [3.8, 4) is 5.75 Å². The smallest absolute Gasteiger partial charge is 0.257 e. The van der Waals surface area contributed by atoms with Gasteiger partial charge >= 0.3 is 0 Å². The predicted molar refractivity (Wildman–Crippen MR) is 124 cm³/mol. The molecule has 2 aliphatic rings. The number of allylic oxidation sites excluding steroid dienone is 1. The van der Waals surface area contributed by atoms with Crippen molar-refractivity contribution >= 4 is 23.2 Å². The number of aromatic hydroxyl groups is 1. The summed E-state index contributed by atoms with van der Waals surface area (Å²) in [4.78, 5) is 16.3. The lowest BCUT2D eigenvalue weighted by molar-refractivity contribution is -0.0780. The number of halogens is 2. The lowest BCUT2D eigenvalue weighted by atomic mass is 9.60. The van der Waals surface area contributed by atoms with Gasteiger partial charge in [-0.2, -0.15) is 0 Å². The van der Waals surface area contributed by atoms with Crippen molar-refractivity contribution in [1.82, 2.24) is 9.80 Å². The van der Waals surface area contributed by atoms with Crippen molar-refractivity contribution in [2.75, 3.05) is 20.1 Å². The molecule has 1 spiro atoms. The second kappa shape index (κ2) is 9.15. The highest BCUT2D eigenvalue weighted by atomic mass is 35.5. The summed E-state index contributed by atoms with van der Waals surface area (Å²) in [5, 5.41) is 10.2. The van der Waals surface area contributed by atoms with Crippen LogP contribution in [-0.4, -0.2) is 47.0 Å². The van der Waals surface area contributed by atoms with Gasteiger partial charge in [-0.25, -0.2) is 4.39 Å². The fourth-order valence-electron chi connectivity index (χ4n) is 4.33. The molecule has 1 aliphatic carbocycles. The maximum Gasteiger partial charge on any atom is 0.257 e. The molecule has 4 rings (SSSR count). The van der Waals surface area contributed by atoms with Gasteiger partial charge in [0.05, 0.1) is 5.56 Å². The van der Waals surface area contributed by atoms with E-state index in [2.05, 4.69) is 18.1 Å². The maximum atomic E-state index is 13.9. The minimum Gasteiger partial charge on any atom is -0.508 e. The van der Waals surface area contributed by atoms with Crippen molar-refractivity contribution in [2.45, 2.75) is 25.8 Å². The van der Waals surface area contributed by atoms with Crippen LogP contribution in [0, 0.1) is 11.2 Å². The molecule has 1 aliphatic heterocycles. The molecular formula is C25H28ClFN2O2. The predicted octanol–water partition coefficient (Wildman–Crippen LogP) is 5.58. The Morgan fingerprint density at radius 1 is 1.26 bits per heavy atom. The molecule has 1 heterocycles. The van der Waals surface area contributed by atoms with Crippen LogP contribution in [-0.2, 0) is 0 Å². The van der Waals surface area contributed by atoms with E-state index in [4.69, 9.17) is 11.6 Å². The molecule has 164 valence electrons. The van der Waals surface area contributed by atoms with Crippen molar-refractivity contribution < 1.29 is 14.3 Å². The second-order valence-corrected chi connectivity index (χ2v) is 8.74. The van der Waals surface area contributed by atoms with E-state index in [-0.39, 0.29) is 22.6 Å². The van der Waals surface area contributed by atoms with Crippen LogP contribution in [0.5, 0.6) is 5.75 Å². The Kier molecular flexibility index (Phi) is 6.75. The summed E-state index contributed by atoms with van der Waals surface area (Å²) < 4.78 is 13.9. The van der Waals surface area contributed by atoms with Gasteiger partial charge in [-0.3, -0.25) is 4.79 Å². The van der Waals surface area contributed by atoms with Gasteiger partial charge in [0.25, 0.3) is 5.91 Å². The van der Waals surface area contributed by atoms with Crippen LogP contribution in [0.3, 0.4) is 0 Å². The van der Waals surface area contributed by atoms with Crippen molar-refractivity contribution in [1.29, 1.82) is 0 Å². The molecule has 2 aromatic rings. The first-order valence-corrected chi connectivity index (χ1v) is 10.6. The summed E-state index contributed by atoms with van der Waals surface area (Å²) in [6, 6.07) is 11.5. The Hall–Kier alpha value is -2.79. The molecule has 0 aromatic heterocycles. The fraction of sp³-hybridized carbons (Fsp3) is 0.320. The molecule has 0 unspecified atom stereocenters. The minimum absolute atomic E-state index is 0.0741. The number of rotatable bonds is 4. The standard InChI is InChI=1S/C22H22ClFN2O2.C3H6/c1-14(17-5-3-4-6-19(17)23)25(2)15-10-22(11-15)12-26(13-22)21(28)18-9-16(27)7-8-20(18)24;1-3-2/h3-9,15,27H,1,10-13H2,2H3;3H,1H2,2H3. The molecule has 1 saturated heterocycles. The lowest BCUT2D eigenvalue weighted by Gasteiger charge is -2.61. The van der Waals surface area contributed by atoms with Crippen LogP contribution in [0.4, 0.5) is 4.39 Å². The van der Waals surface area contributed by atoms with Crippen molar-refractivity contribution in [2.24, 2.45) is 5.41 Å². The van der Waals surface area contributed by atoms with Crippen LogP contribution in [0.1, 0.15) is 35.7 Å². The Labute approximate surface area is 188 Å². The number of phenols is 1. The quantitative estimate of drug-likeness (QED) is 0.628. The molecule has 0 radical (unpaired) electrons. The number of amides is 1. The van der Waals surface area contributed by atoms with Crippen molar-refractivity contribution in [3.05, 3.63) is 83.7 Å². The second-order valence-electron chi connectivity index (χ2n) is 8.33. The molecule has 6 heteroatoms. The monoisotopic (exact) mass is 442 g/mol. The van der Waals surface area contributed by atoms with Crippen LogP contribution in [0.25, 0.3) is 5.70 Å². The van der Waals surface area contributed by atoms with E-state index < -0.39 is 5.82 Å².